The van der Waals surface area contributed by atoms with Crippen LogP contribution in [0.2, 0.25) is 0 Å². The third-order valence-electron chi connectivity index (χ3n) is 3.20. The maximum absolute atomic E-state index is 12.0. The summed E-state index contributed by atoms with van der Waals surface area (Å²) >= 11 is 1.43. The molecule has 126 valence electrons. The van der Waals surface area contributed by atoms with E-state index in [4.69, 9.17) is 4.74 Å². The lowest BCUT2D eigenvalue weighted by Crippen LogP contribution is -2.42. The molecule has 0 bridgehead atoms. The van der Waals surface area contributed by atoms with Crippen molar-refractivity contribution in [2.75, 3.05) is 12.4 Å². The molecule has 6 heteroatoms. The van der Waals surface area contributed by atoms with Crippen LogP contribution in [0.3, 0.4) is 0 Å². The van der Waals surface area contributed by atoms with Crippen molar-refractivity contribution in [1.29, 1.82) is 0 Å². The van der Waals surface area contributed by atoms with Gasteiger partial charge in [-0.1, -0.05) is 18.2 Å². The van der Waals surface area contributed by atoms with E-state index in [0.717, 1.165) is 10.5 Å². The van der Waals surface area contributed by atoms with Crippen LogP contribution >= 0.6 is 11.8 Å². The molecule has 0 spiro atoms. The average molecular weight is 344 g/mol. The third kappa shape index (κ3) is 5.31. The molecule has 0 unspecified atom stereocenters. The SMILES string of the molecule is CCOc1ccc(C(=O)NNC(=O)CSc2ccccc2C)cc1. The Balaban J connectivity index is 1.78. The van der Waals surface area contributed by atoms with Gasteiger partial charge in [-0.2, -0.15) is 0 Å². The highest BCUT2D eigenvalue weighted by Crippen LogP contribution is 2.21. The number of rotatable bonds is 6. The molecule has 2 N–H and O–H groups in total. The fraction of sp³-hybridized carbons (Fsp3) is 0.222. The first-order valence-electron chi connectivity index (χ1n) is 7.60. The van der Waals surface area contributed by atoms with Crippen LogP contribution in [0.1, 0.15) is 22.8 Å². The highest BCUT2D eigenvalue weighted by Gasteiger charge is 2.08. The Labute approximate surface area is 145 Å². The number of hydrazine groups is 1. The van der Waals surface area contributed by atoms with Gasteiger partial charge in [-0.15, -0.1) is 11.8 Å². The second-order valence-electron chi connectivity index (χ2n) is 5.01. The van der Waals surface area contributed by atoms with Crippen molar-refractivity contribution < 1.29 is 14.3 Å². The first-order valence-corrected chi connectivity index (χ1v) is 8.59. The molecular weight excluding hydrogens is 324 g/mol. The van der Waals surface area contributed by atoms with E-state index in [1.165, 1.54) is 11.8 Å². The van der Waals surface area contributed by atoms with Crippen molar-refractivity contribution in [2.45, 2.75) is 18.7 Å². The Bertz CT molecular complexity index is 702. The van der Waals surface area contributed by atoms with Crippen LogP contribution in [0.5, 0.6) is 5.75 Å². The molecule has 0 aliphatic heterocycles. The first kappa shape index (κ1) is 17.9. The van der Waals surface area contributed by atoms with Crippen molar-refractivity contribution in [1.82, 2.24) is 10.9 Å². The van der Waals surface area contributed by atoms with E-state index in [-0.39, 0.29) is 17.6 Å². The predicted molar refractivity (Wildman–Crippen MR) is 95.1 cm³/mol. The highest BCUT2D eigenvalue weighted by molar-refractivity contribution is 8.00. The van der Waals surface area contributed by atoms with Crippen LogP contribution in [0.25, 0.3) is 0 Å². The molecule has 0 saturated heterocycles. The van der Waals surface area contributed by atoms with E-state index >= 15 is 0 Å². The van der Waals surface area contributed by atoms with Gasteiger partial charge in [0.2, 0.25) is 5.91 Å². The second kappa shape index (κ2) is 8.98. The number of benzene rings is 2. The monoisotopic (exact) mass is 344 g/mol. The Kier molecular flexibility index (Phi) is 6.69. The molecule has 2 aromatic carbocycles. The zero-order valence-electron chi connectivity index (χ0n) is 13.7. The van der Waals surface area contributed by atoms with E-state index in [1.54, 1.807) is 24.3 Å². The predicted octanol–water partition coefficient (Wildman–Crippen LogP) is 2.95. The normalized spacial score (nSPS) is 10.1. The Morgan fingerprint density at radius 2 is 1.75 bits per heavy atom. The van der Waals surface area contributed by atoms with Gasteiger partial charge in [0.15, 0.2) is 0 Å². The first-order chi connectivity index (χ1) is 11.6. The van der Waals surface area contributed by atoms with Crippen LogP contribution in [-0.4, -0.2) is 24.2 Å². The van der Waals surface area contributed by atoms with Gasteiger partial charge in [-0.05, 0) is 49.7 Å². The van der Waals surface area contributed by atoms with Crippen molar-refractivity contribution in [3.63, 3.8) is 0 Å². The lowest BCUT2D eigenvalue weighted by atomic mass is 10.2. The number of amides is 2. The quantitative estimate of drug-likeness (QED) is 0.624. The van der Waals surface area contributed by atoms with Crippen LogP contribution in [0, 0.1) is 6.92 Å². The largest absolute Gasteiger partial charge is 0.494 e. The minimum absolute atomic E-state index is 0.231. The van der Waals surface area contributed by atoms with Gasteiger partial charge in [0, 0.05) is 10.5 Å². The van der Waals surface area contributed by atoms with Crippen LogP contribution in [0.15, 0.2) is 53.4 Å². The number of carbonyl (C=O) groups excluding carboxylic acids is 2. The lowest BCUT2D eigenvalue weighted by Gasteiger charge is -2.09. The molecule has 2 amide bonds. The molecule has 5 nitrogen and oxygen atoms in total. The van der Waals surface area contributed by atoms with Crippen LogP contribution in [0.4, 0.5) is 0 Å². The van der Waals surface area contributed by atoms with Gasteiger partial charge in [-0.3, -0.25) is 20.4 Å². The summed E-state index contributed by atoms with van der Waals surface area (Å²) in [7, 11) is 0. The van der Waals surface area contributed by atoms with Crippen LogP contribution in [-0.2, 0) is 4.79 Å². The standard InChI is InChI=1S/C18H20N2O3S/c1-3-23-15-10-8-14(9-11-15)18(22)20-19-17(21)12-24-16-7-5-4-6-13(16)2/h4-11H,3,12H2,1-2H3,(H,19,21)(H,20,22). The Morgan fingerprint density at radius 1 is 1.04 bits per heavy atom. The number of thioether (sulfide) groups is 1. The highest BCUT2D eigenvalue weighted by atomic mass is 32.2. The lowest BCUT2D eigenvalue weighted by molar-refractivity contribution is -0.119. The zero-order chi connectivity index (χ0) is 17.4. The number of carbonyl (C=O) groups is 2. The smallest absolute Gasteiger partial charge is 0.269 e. The summed E-state index contributed by atoms with van der Waals surface area (Å²) in [5.41, 5.74) is 6.40. The zero-order valence-corrected chi connectivity index (χ0v) is 14.5. The van der Waals surface area contributed by atoms with E-state index in [9.17, 15) is 9.59 Å². The maximum Gasteiger partial charge on any atom is 0.269 e. The number of hydrogen-bond donors (Lipinski definition) is 2. The molecule has 24 heavy (non-hydrogen) atoms. The number of aryl methyl sites for hydroxylation is 1. The van der Waals surface area contributed by atoms with Crippen molar-refractivity contribution in [3.05, 3.63) is 59.7 Å². The van der Waals surface area contributed by atoms with E-state index < -0.39 is 0 Å². The minimum atomic E-state index is -0.368. The summed E-state index contributed by atoms with van der Waals surface area (Å²) in [6, 6.07) is 14.6. The Hall–Kier alpha value is -2.47. The summed E-state index contributed by atoms with van der Waals surface area (Å²) in [6.45, 7) is 4.46. The van der Waals surface area contributed by atoms with Crippen molar-refractivity contribution in [2.24, 2.45) is 0 Å². The molecule has 0 aliphatic carbocycles. The fourth-order valence-electron chi connectivity index (χ4n) is 1.97. The van der Waals surface area contributed by atoms with Crippen molar-refractivity contribution >= 4 is 23.6 Å². The molecule has 0 radical (unpaired) electrons. The van der Waals surface area contributed by atoms with Gasteiger partial charge in [0.05, 0.1) is 12.4 Å². The summed E-state index contributed by atoms with van der Waals surface area (Å²) in [5.74, 6) is 0.302. The van der Waals surface area contributed by atoms with E-state index in [2.05, 4.69) is 10.9 Å². The van der Waals surface area contributed by atoms with E-state index in [0.29, 0.717) is 17.9 Å². The summed E-state index contributed by atoms with van der Waals surface area (Å²) in [6.07, 6.45) is 0. The van der Waals surface area contributed by atoms with Gasteiger partial charge in [0.1, 0.15) is 5.75 Å². The van der Waals surface area contributed by atoms with E-state index in [1.807, 2.05) is 38.1 Å². The summed E-state index contributed by atoms with van der Waals surface area (Å²) < 4.78 is 5.32. The van der Waals surface area contributed by atoms with Crippen LogP contribution < -0.4 is 15.6 Å². The summed E-state index contributed by atoms with van der Waals surface area (Å²) in [5, 5.41) is 0. The molecule has 0 aliphatic rings. The molecular formula is C18H20N2O3S. The molecule has 0 fully saturated rings. The molecule has 0 aromatic heterocycles. The van der Waals surface area contributed by atoms with Gasteiger partial charge < -0.3 is 4.74 Å². The number of nitrogens with one attached hydrogen (secondary N) is 2. The molecule has 0 saturated carbocycles. The third-order valence-corrected chi connectivity index (χ3v) is 4.37. The fourth-order valence-corrected chi connectivity index (χ4v) is 2.79. The minimum Gasteiger partial charge on any atom is -0.494 e. The van der Waals surface area contributed by atoms with Gasteiger partial charge in [-0.25, -0.2) is 0 Å². The molecule has 0 heterocycles. The maximum atomic E-state index is 12.0. The van der Waals surface area contributed by atoms with Gasteiger partial charge >= 0.3 is 0 Å². The molecule has 2 rings (SSSR count). The van der Waals surface area contributed by atoms with Gasteiger partial charge in [0.25, 0.3) is 5.91 Å². The number of ether oxygens (including phenoxy) is 1. The summed E-state index contributed by atoms with van der Waals surface area (Å²) in [4.78, 5) is 24.9. The second-order valence-corrected chi connectivity index (χ2v) is 6.03. The topological polar surface area (TPSA) is 67.4 Å². The van der Waals surface area contributed by atoms with Crippen molar-refractivity contribution in [3.8, 4) is 5.75 Å². The Morgan fingerprint density at radius 3 is 2.42 bits per heavy atom. The molecule has 2 aromatic rings. The average Bonchev–Trinajstić information content (AvgIpc) is 2.60. The molecule has 0 atom stereocenters. The number of hydrogen-bond acceptors (Lipinski definition) is 4.